The summed E-state index contributed by atoms with van der Waals surface area (Å²) in [4.78, 5) is 1.93. The largest absolute Gasteiger partial charge is 0.402 e. The van der Waals surface area contributed by atoms with Gasteiger partial charge in [-0.3, -0.25) is 4.90 Å². The highest BCUT2D eigenvalue weighted by Crippen LogP contribution is 2.17. The topological polar surface area (TPSA) is 52.7 Å². The Balaban J connectivity index is 2.43. The van der Waals surface area contributed by atoms with Crippen molar-refractivity contribution in [2.24, 2.45) is 0 Å². The van der Waals surface area contributed by atoms with Gasteiger partial charge in [0.15, 0.2) is 0 Å². The summed E-state index contributed by atoms with van der Waals surface area (Å²) in [5, 5.41) is 3.12. The van der Waals surface area contributed by atoms with Crippen molar-refractivity contribution in [3.63, 3.8) is 0 Å². The zero-order valence-electron chi connectivity index (χ0n) is 10.2. The Labute approximate surface area is 105 Å². The van der Waals surface area contributed by atoms with Gasteiger partial charge in [-0.25, -0.2) is 8.42 Å². The summed E-state index contributed by atoms with van der Waals surface area (Å²) in [6.07, 6.45) is -4.50. The minimum Gasteiger partial charge on any atom is -0.314 e. The van der Waals surface area contributed by atoms with Crippen LogP contribution in [0.2, 0.25) is 0 Å². The molecule has 0 atom stereocenters. The van der Waals surface area contributed by atoms with Crippen LogP contribution in [0.1, 0.15) is 0 Å². The van der Waals surface area contributed by atoms with Crippen LogP contribution in [0.5, 0.6) is 0 Å². The van der Waals surface area contributed by atoms with Crippen molar-refractivity contribution in [1.29, 1.82) is 0 Å². The molecule has 0 aliphatic carbocycles. The summed E-state index contributed by atoms with van der Waals surface area (Å²) < 4.78 is 60.0. The van der Waals surface area contributed by atoms with E-state index in [4.69, 9.17) is 0 Å². The van der Waals surface area contributed by atoms with Crippen LogP contribution in [0.4, 0.5) is 13.2 Å². The summed E-state index contributed by atoms with van der Waals surface area (Å²) in [6, 6.07) is 0. The molecule has 0 amide bonds. The molecule has 5 nitrogen and oxygen atoms in total. The molecule has 0 aromatic heterocycles. The fourth-order valence-corrected chi connectivity index (χ4v) is 2.83. The van der Waals surface area contributed by atoms with Crippen LogP contribution in [-0.2, 0) is 10.0 Å². The van der Waals surface area contributed by atoms with E-state index in [0.29, 0.717) is 4.31 Å². The summed E-state index contributed by atoms with van der Waals surface area (Å²) in [5.41, 5.74) is 0. The number of nitrogens with one attached hydrogen (secondary N) is 1. The molecule has 0 bridgehead atoms. The van der Waals surface area contributed by atoms with Gasteiger partial charge in [-0.2, -0.15) is 17.5 Å². The lowest BCUT2D eigenvalue weighted by molar-refractivity contribution is -0.134. The maximum absolute atomic E-state index is 12.1. The number of hydrogen-bond donors (Lipinski definition) is 1. The molecule has 1 heterocycles. The Kier molecular flexibility index (Phi) is 5.38. The van der Waals surface area contributed by atoms with Crippen molar-refractivity contribution < 1.29 is 21.6 Å². The molecule has 0 saturated carbocycles. The molecule has 1 N–H and O–H groups in total. The van der Waals surface area contributed by atoms with Gasteiger partial charge in [-0.15, -0.1) is 0 Å². The van der Waals surface area contributed by atoms with Crippen molar-refractivity contribution in [3.05, 3.63) is 0 Å². The first-order valence-electron chi connectivity index (χ1n) is 5.64. The van der Waals surface area contributed by atoms with Crippen LogP contribution in [0.15, 0.2) is 0 Å². The number of alkyl halides is 3. The SMILES string of the molecule is CN(CC(F)(F)F)S(=O)(=O)CCN1CCNCC1. The van der Waals surface area contributed by atoms with E-state index in [0.717, 1.165) is 33.2 Å². The molecule has 9 heteroatoms. The van der Waals surface area contributed by atoms with Gasteiger partial charge >= 0.3 is 6.18 Å². The Hall–Kier alpha value is -0.380. The second-order valence-electron chi connectivity index (χ2n) is 4.28. The normalized spacial score (nSPS) is 19.4. The zero-order chi connectivity index (χ0) is 13.8. The summed E-state index contributed by atoms with van der Waals surface area (Å²) in [7, 11) is -2.88. The van der Waals surface area contributed by atoms with E-state index in [9.17, 15) is 21.6 Å². The molecule has 108 valence electrons. The van der Waals surface area contributed by atoms with Crippen molar-refractivity contribution in [2.45, 2.75) is 6.18 Å². The van der Waals surface area contributed by atoms with Crippen molar-refractivity contribution >= 4 is 10.0 Å². The third-order valence-electron chi connectivity index (χ3n) is 2.75. The van der Waals surface area contributed by atoms with E-state index in [-0.39, 0.29) is 12.3 Å². The molecule has 1 aliphatic heterocycles. The number of hydrogen-bond acceptors (Lipinski definition) is 4. The standard InChI is InChI=1S/C9H18F3N3O2S/c1-14(8-9(10,11)12)18(16,17)7-6-15-4-2-13-3-5-15/h13H,2-8H2,1H3. The van der Waals surface area contributed by atoms with Crippen LogP contribution in [0.3, 0.4) is 0 Å². The third-order valence-corrected chi connectivity index (χ3v) is 4.53. The smallest absolute Gasteiger partial charge is 0.314 e. The first kappa shape index (κ1) is 15.7. The molecular formula is C9H18F3N3O2S. The maximum Gasteiger partial charge on any atom is 0.402 e. The van der Waals surface area contributed by atoms with E-state index >= 15 is 0 Å². The highest BCUT2D eigenvalue weighted by atomic mass is 32.2. The molecule has 0 radical (unpaired) electrons. The Bertz CT molecular complexity index is 353. The van der Waals surface area contributed by atoms with Crippen molar-refractivity contribution in [1.82, 2.24) is 14.5 Å². The number of piperazine rings is 1. The average molecular weight is 289 g/mol. The van der Waals surface area contributed by atoms with Crippen LogP contribution >= 0.6 is 0 Å². The lowest BCUT2D eigenvalue weighted by atomic mass is 10.4. The first-order chi connectivity index (χ1) is 8.21. The summed E-state index contributed by atoms with van der Waals surface area (Å²) >= 11 is 0. The first-order valence-corrected chi connectivity index (χ1v) is 7.25. The van der Waals surface area contributed by atoms with Gasteiger partial charge in [0.2, 0.25) is 10.0 Å². The third kappa shape index (κ3) is 5.51. The van der Waals surface area contributed by atoms with Crippen LogP contribution in [-0.4, -0.2) is 75.9 Å². The van der Waals surface area contributed by atoms with Crippen molar-refractivity contribution in [3.8, 4) is 0 Å². The predicted molar refractivity (Wildman–Crippen MR) is 61.8 cm³/mol. The van der Waals surface area contributed by atoms with Crippen LogP contribution in [0.25, 0.3) is 0 Å². The minimum atomic E-state index is -4.50. The molecule has 1 rings (SSSR count). The second kappa shape index (κ2) is 6.18. The van der Waals surface area contributed by atoms with Gasteiger partial charge < -0.3 is 5.32 Å². The van der Waals surface area contributed by atoms with E-state index in [1.54, 1.807) is 0 Å². The molecule has 18 heavy (non-hydrogen) atoms. The quantitative estimate of drug-likeness (QED) is 0.756. The van der Waals surface area contributed by atoms with Gasteiger partial charge in [-0.1, -0.05) is 0 Å². The van der Waals surface area contributed by atoms with Crippen LogP contribution < -0.4 is 5.32 Å². The second-order valence-corrected chi connectivity index (χ2v) is 6.47. The molecular weight excluding hydrogens is 271 g/mol. The van der Waals surface area contributed by atoms with Gasteiger partial charge in [0, 0.05) is 39.8 Å². The lowest BCUT2D eigenvalue weighted by Gasteiger charge is -2.28. The highest BCUT2D eigenvalue weighted by Gasteiger charge is 2.34. The average Bonchev–Trinajstić information content (AvgIpc) is 2.26. The van der Waals surface area contributed by atoms with E-state index in [1.807, 2.05) is 4.90 Å². The monoisotopic (exact) mass is 289 g/mol. The van der Waals surface area contributed by atoms with E-state index in [2.05, 4.69) is 5.32 Å². The Morgan fingerprint density at radius 3 is 2.33 bits per heavy atom. The van der Waals surface area contributed by atoms with Crippen LogP contribution in [0, 0.1) is 0 Å². The maximum atomic E-state index is 12.1. The Morgan fingerprint density at radius 1 is 1.28 bits per heavy atom. The van der Waals surface area contributed by atoms with Gasteiger partial charge in [0.05, 0.1) is 5.75 Å². The highest BCUT2D eigenvalue weighted by molar-refractivity contribution is 7.89. The predicted octanol–water partition coefficient (Wildman–Crippen LogP) is -0.284. The van der Waals surface area contributed by atoms with Crippen molar-refractivity contribution in [2.75, 3.05) is 52.1 Å². The zero-order valence-corrected chi connectivity index (χ0v) is 11.0. The van der Waals surface area contributed by atoms with Gasteiger partial charge in [0.25, 0.3) is 0 Å². The van der Waals surface area contributed by atoms with E-state index in [1.165, 1.54) is 0 Å². The lowest BCUT2D eigenvalue weighted by Crippen LogP contribution is -2.46. The van der Waals surface area contributed by atoms with Gasteiger partial charge in [-0.05, 0) is 0 Å². The number of halogens is 3. The fourth-order valence-electron chi connectivity index (χ4n) is 1.69. The van der Waals surface area contributed by atoms with Gasteiger partial charge in [0.1, 0.15) is 6.54 Å². The molecule has 0 unspecified atom stereocenters. The fraction of sp³-hybridized carbons (Fsp3) is 1.00. The Morgan fingerprint density at radius 2 is 1.83 bits per heavy atom. The summed E-state index contributed by atoms with van der Waals surface area (Å²) in [5.74, 6) is -0.278. The molecule has 0 aromatic carbocycles. The number of nitrogens with zero attached hydrogens (tertiary/aromatic N) is 2. The molecule has 1 fully saturated rings. The molecule has 1 saturated heterocycles. The molecule has 0 aromatic rings. The number of rotatable bonds is 5. The van der Waals surface area contributed by atoms with E-state index < -0.39 is 22.7 Å². The number of sulfonamides is 1. The molecule has 1 aliphatic rings. The summed E-state index contributed by atoms with van der Waals surface area (Å²) in [6.45, 7) is 1.83. The molecule has 0 spiro atoms. The minimum absolute atomic E-state index is 0.270.